The van der Waals surface area contributed by atoms with E-state index < -0.39 is 0 Å². The summed E-state index contributed by atoms with van der Waals surface area (Å²) >= 11 is 0. The van der Waals surface area contributed by atoms with Gasteiger partial charge in [0, 0.05) is 17.7 Å². The summed E-state index contributed by atoms with van der Waals surface area (Å²) < 4.78 is 7.78. The monoisotopic (exact) mass is 361 g/mol. The van der Waals surface area contributed by atoms with Gasteiger partial charge in [-0.25, -0.2) is 4.68 Å². The number of aromatic nitrogens is 2. The van der Waals surface area contributed by atoms with Crippen molar-refractivity contribution < 1.29 is 9.53 Å². The first-order chi connectivity index (χ1) is 13.1. The molecule has 1 N–H and O–H groups in total. The number of hydrogen-bond acceptors (Lipinski definition) is 3. The second-order valence-corrected chi connectivity index (χ2v) is 6.93. The lowest BCUT2D eigenvalue weighted by Gasteiger charge is -2.12. The number of rotatable bonds is 5. The molecule has 27 heavy (non-hydrogen) atoms. The third kappa shape index (κ3) is 3.58. The summed E-state index contributed by atoms with van der Waals surface area (Å²) in [6.45, 7) is 4.47. The molecule has 2 heterocycles. The molecule has 138 valence electrons. The SMILES string of the molecule is Cc1nn(-c2ccccc2)c(C)c1CC(=O)NCC1Cc2ccccc2O1. The summed E-state index contributed by atoms with van der Waals surface area (Å²) in [5, 5.41) is 7.62. The summed E-state index contributed by atoms with van der Waals surface area (Å²) in [6.07, 6.45) is 1.16. The van der Waals surface area contributed by atoms with Gasteiger partial charge >= 0.3 is 0 Å². The van der Waals surface area contributed by atoms with Gasteiger partial charge in [0.25, 0.3) is 0 Å². The summed E-state index contributed by atoms with van der Waals surface area (Å²) in [6, 6.07) is 18.0. The number of para-hydroxylation sites is 2. The fourth-order valence-corrected chi connectivity index (χ4v) is 3.57. The molecule has 3 aromatic rings. The number of aryl methyl sites for hydroxylation is 1. The molecule has 1 aromatic heterocycles. The highest BCUT2D eigenvalue weighted by Crippen LogP contribution is 2.27. The van der Waals surface area contributed by atoms with Crippen molar-refractivity contribution in [1.29, 1.82) is 0 Å². The Bertz CT molecular complexity index is 938. The Hall–Kier alpha value is -3.08. The van der Waals surface area contributed by atoms with E-state index in [9.17, 15) is 4.79 Å². The molecule has 1 amide bonds. The van der Waals surface area contributed by atoms with Crippen LogP contribution in [0.15, 0.2) is 54.6 Å². The number of ether oxygens (including phenoxy) is 1. The number of hydrogen-bond donors (Lipinski definition) is 1. The lowest BCUT2D eigenvalue weighted by molar-refractivity contribution is -0.120. The first kappa shape index (κ1) is 17.3. The summed E-state index contributed by atoms with van der Waals surface area (Å²) in [5.41, 5.74) is 5.07. The Morgan fingerprint density at radius 1 is 1.15 bits per heavy atom. The van der Waals surface area contributed by atoms with Crippen molar-refractivity contribution in [2.24, 2.45) is 0 Å². The average molecular weight is 361 g/mol. The Kier molecular flexibility index (Phi) is 4.67. The maximum absolute atomic E-state index is 12.5. The first-order valence-corrected chi connectivity index (χ1v) is 9.23. The molecule has 2 aromatic carbocycles. The van der Waals surface area contributed by atoms with Crippen LogP contribution in [0.1, 0.15) is 22.5 Å². The Morgan fingerprint density at radius 3 is 2.67 bits per heavy atom. The van der Waals surface area contributed by atoms with Gasteiger partial charge in [-0.3, -0.25) is 4.79 Å². The molecule has 4 rings (SSSR count). The highest BCUT2D eigenvalue weighted by molar-refractivity contribution is 5.79. The topological polar surface area (TPSA) is 56.2 Å². The predicted octanol–water partition coefficient (Wildman–Crippen LogP) is 3.15. The van der Waals surface area contributed by atoms with E-state index in [-0.39, 0.29) is 12.0 Å². The van der Waals surface area contributed by atoms with Crippen LogP contribution in [0.25, 0.3) is 5.69 Å². The number of nitrogens with zero attached hydrogens (tertiary/aromatic N) is 2. The van der Waals surface area contributed by atoms with Crippen molar-refractivity contribution in [3.63, 3.8) is 0 Å². The molecule has 5 nitrogen and oxygen atoms in total. The molecular weight excluding hydrogens is 338 g/mol. The molecule has 0 fully saturated rings. The maximum atomic E-state index is 12.5. The van der Waals surface area contributed by atoms with Gasteiger partial charge in [0.05, 0.1) is 24.3 Å². The number of fused-ring (bicyclic) bond motifs is 1. The van der Waals surface area contributed by atoms with Crippen LogP contribution in [-0.4, -0.2) is 28.3 Å². The molecule has 0 saturated heterocycles. The van der Waals surface area contributed by atoms with Crippen molar-refractivity contribution in [2.75, 3.05) is 6.54 Å². The highest BCUT2D eigenvalue weighted by atomic mass is 16.5. The summed E-state index contributed by atoms with van der Waals surface area (Å²) in [7, 11) is 0. The van der Waals surface area contributed by atoms with Gasteiger partial charge in [0.2, 0.25) is 5.91 Å². The Labute approximate surface area is 159 Å². The van der Waals surface area contributed by atoms with Gasteiger partial charge in [-0.1, -0.05) is 36.4 Å². The van der Waals surface area contributed by atoms with Crippen LogP contribution in [0.5, 0.6) is 5.75 Å². The molecule has 0 saturated carbocycles. The minimum absolute atomic E-state index is 0.000542. The van der Waals surface area contributed by atoms with Crippen LogP contribution in [0.3, 0.4) is 0 Å². The lowest BCUT2D eigenvalue weighted by atomic mass is 10.1. The van der Waals surface area contributed by atoms with E-state index in [2.05, 4.69) is 16.5 Å². The van der Waals surface area contributed by atoms with E-state index in [0.717, 1.165) is 34.8 Å². The number of carbonyl (C=O) groups excluding carboxylic acids is 1. The van der Waals surface area contributed by atoms with Gasteiger partial charge in [-0.05, 0) is 37.6 Å². The molecule has 0 spiro atoms. The average Bonchev–Trinajstić information content (AvgIpc) is 3.23. The second kappa shape index (κ2) is 7.27. The highest BCUT2D eigenvalue weighted by Gasteiger charge is 2.23. The largest absolute Gasteiger partial charge is 0.488 e. The molecule has 5 heteroatoms. The van der Waals surface area contributed by atoms with E-state index in [1.54, 1.807) is 0 Å². The fourth-order valence-electron chi connectivity index (χ4n) is 3.57. The molecule has 0 bridgehead atoms. The van der Waals surface area contributed by atoms with Gasteiger partial charge in [-0.2, -0.15) is 5.10 Å². The molecule has 1 aliphatic heterocycles. The molecule has 0 radical (unpaired) electrons. The van der Waals surface area contributed by atoms with Crippen LogP contribution < -0.4 is 10.1 Å². The predicted molar refractivity (Wildman–Crippen MR) is 104 cm³/mol. The van der Waals surface area contributed by atoms with E-state index in [4.69, 9.17) is 4.74 Å². The maximum Gasteiger partial charge on any atom is 0.224 e. The Morgan fingerprint density at radius 2 is 1.89 bits per heavy atom. The number of carbonyl (C=O) groups is 1. The van der Waals surface area contributed by atoms with E-state index >= 15 is 0 Å². The van der Waals surface area contributed by atoms with Crippen LogP contribution in [0, 0.1) is 13.8 Å². The molecular formula is C22H23N3O2. The molecule has 1 unspecified atom stereocenters. The minimum atomic E-state index is -0.00614. The quantitative estimate of drug-likeness (QED) is 0.759. The Balaban J connectivity index is 1.38. The van der Waals surface area contributed by atoms with E-state index in [1.165, 1.54) is 5.56 Å². The van der Waals surface area contributed by atoms with Crippen molar-refractivity contribution in [2.45, 2.75) is 32.8 Å². The van der Waals surface area contributed by atoms with Crippen LogP contribution in [0.4, 0.5) is 0 Å². The number of amides is 1. The standard InChI is InChI=1S/C22H23N3O2/c1-15-20(16(2)25(24-15)18-9-4-3-5-10-18)13-22(26)23-14-19-12-17-8-6-7-11-21(17)27-19/h3-11,19H,12-14H2,1-2H3,(H,23,26). The van der Waals surface area contributed by atoms with Crippen LogP contribution >= 0.6 is 0 Å². The summed E-state index contributed by atoms with van der Waals surface area (Å²) in [5.74, 6) is 0.918. The minimum Gasteiger partial charge on any atom is -0.488 e. The number of benzene rings is 2. The van der Waals surface area contributed by atoms with Crippen molar-refractivity contribution in [1.82, 2.24) is 15.1 Å². The molecule has 0 aliphatic carbocycles. The van der Waals surface area contributed by atoms with Crippen LogP contribution in [0.2, 0.25) is 0 Å². The van der Waals surface area contributed by atoms with Crippen molar-refractivity contribution >= 4 is 5.91 Å². The first-order valence-electron chi connectivity index (χ1n) is 9.23. The second-order valence-electron chi connectivity index (χ2n) is 6.93. The van der Waals surface area contributed by atoms with Gasteiger partial charge in [0.15, 0.2) is 0 Å². The van der Waals surface area contributed by atoms with Gasteiger partial charge in [-0.15, -0.1) is 0 Å². The third-order valence-electron chi connectivity index (χ3n) is 5.02. The van der Waals surface area contributed by atoms with E-state index in [0.29, 0.717) is 13.0 Å². The smallest absolute Gasteiger partial charge is 0.224 e. The third-order valence-corrected chi connectivity index (χ3v) is 5.02. The zero-order chi connectivity index (χ0) is 18.8. The zero-order valence-corrected chi connectivity index (χ0v) is 15.6. The molecule has 1 atom stereocenters. The number of nitrogens with one attached hydrogen (secondary N) is 1. The van der Waals surface area contributed by atoms with Gasteiger partial charge < -0.3 is 10.1 Å². The van der Waals surface area contributed by atoms with Crippen molar-refractivity contribution in [3.05, 3.63) is 77.1 Å². The summed E-state index contributed by atoms with van der Waals surface area (Å²) in [4.78, 5) is 12.5. The molecule has 1 aliphatic rings. The van der Waals surface area contributed by atoms with Crippen LogP contribution in [-0.2, 0) is 17.6 Å². The normalized spacial score (nSPS) is 15.3. The van der Waals surface area contributed by atoms with Crippen molar-refractivity contribution in [3.8, 4) is 11.4 Å². The van der Waals surface area contributed by atoms with E-state index in [1.807, 2.05) is 67.1 Å². The van der Waals surface area contributed by atoms with Gasteiger partial charge in [0.1, 0.15) is 11.9 Å². The zero-order valence-electron chi connectivity index (χ0n) is 15.6. The lowest BCUT2D eigenvalue weighted by Crippen LogP contribution is -2.35. The fraction of sp³-hybridized carbons (Fsp3) is 0.273.